The normalized spacial score (nSPS) is 28.0. The Bertz CT molecular complexity index is 1930. The van der Waals surface area contributed by atoms with Crippen LogP contribution in [-0.2, 0) is 63.0 Å². The van der Waals surface area contributed by atoms with Crippen LogP contribution in [0.2, 0.25) is 0 Å². The number of aromatic nitrogens is 3. The van der Waals surface area contributed by atoms with E-state index in [0.29, 0.717) is 34.4 Å². The second kappa shape index (κ2) is 11.7. The minimum Gasteiger partial charge on any atom is -0.660 e. The Morgan fingerprint density at radius 2 is 1.42 bits per heavy atom. The molecule has 4 atom stereocenters. The summed E-state index contributed by atoms with van der Waals surface area (Å²) >= 11 is 2.78. The number of hydrogen-bond donors (Lipinski definition) is 2. The zero-order valence-electron chi connectivity index (χ0n) is 25.8. The summed E-state index contributed by atoms with van der Waals surface area (Å²) in [4.78, 5) is 38.5. The van der Waals surface area contributed by atoms with Gasteiger partial charge in [-0.25, -0.2) is 0 Å². The number of hydrogen-bond acceptors (Lipinski definition) is 2. The van der Waals surface area contributed by atoms with Gasteiger partial charge in [0.05, 0.1) is 0 Å². The van der Waals surface area contributed by atoms with Gasteiger partial charge in [-0.05, 0) is 69.6 Å². The molecule has 3 aromatic heterocycles. The average molecular weight is 685 g/mol. The third-order valence-corrected chi connectivity index (χ3v) is 12.7. The number of aliphatic carboxylic acids is 2. The van der Waals surface area contributed by atoms with Gasteiger partial charge in [-0.1, -0.05) is 64.7 Å². The first-order chi connectivity index (χ1) is 21.0. The van der Waals surface area contributed by atoms with E-state index in [2.05, 4.69) is 39.0 Å². The fraction of sp³-hybridized carbons (Fsp3) is 0.412. The molecule has 8 bridgehead atoms. The quantitative estimate of drug-likeness (QED) is 0.170. The fourth-order valence-corrected chi connectivity index (χ4v) is 9.35. The molecule has 7 heterocycles. The Kier molecular flexibility index (Phi) is 8.30. The van der Waals surface area contributed by atoms with E-state index in [1.54, 1.807) is 0 Å². The van der Waals surface area contributed by atoms with Crippen molar-refractivity contribution < 1.29 is 36.9 Å². The maximum absolute atomic E-state index is 11.6. The van der Waals surface area contributed by atoms with Gasteiger partial charge in [0.1, 0.15) is 0 Å². The Balaban J connectivity index is 0.00000357. The van der Waals surface area contributed by atoms with E-state index < -0.39 is 11.9 Å². The minimum atomic E-state index is -0.866. The molecule has 4 aliphatic heterocycles. The molecule has 0 amide bonds. The van der Waals surface area contributed by atoms with Crippen LogP contribution in [-0.4, -0.2) is 37.9 Å². The molecule has 0 aromatic carbocycles. The van der Waals surface area contributed by atoms with Crippen molar-refractivity contribution >= 4 is 59.8 Å². The van der Waals surface area contributed by atoms with Crippen molar-refractivity contribution in [2.24, 2.45) is 5.92 Å². The summed E-state index contributed by atoms with van der Waals surface area (Å²) in [6.07, 6.45) is 8.91. The van der Waals surface area contributed by atoms with E-state index >= 15 is 0 Å². The Morgan fingerprint density at radius 1 is 0.822 bits per heavy atom. The van der Waals surface area contributed by atoms with Gasteiger partial charge in [0.2, 0.25) is 0 Å². The Hall–Kier alpha value is -2.98. The van der Waals surface area contributed by atoms with Crippen LogP contribution in [0.25, 0.3) is 29.6 Å². The van der Waals surface area contributed by atoms with Gasteiger partial charge in [-0.3, -0.25) is 9.59 Å². The molecule has 0 aliphatic carbocycles. The van der Waals surface area contributed by atoms with Crippen LogP contribution in [0.4, 0.5) is 0 Å². The van der Waals surface area contributed by atoms with Gasteiger partial charge in [-0.15, -0.1) is 33.5 Å². The molecule has 45 heavy (non-hydrogen) atoms. The Morgan fingerprint density at radius 3 is 2.04 bits per heavy atom. The molecule has 3 fully saturated rings. The van der Waals surface area contributed by atoms with Crippen molar-refractivity contribution in [2.75, 3.05) is 5.75 Å². The largest absolute Gasteiger partial charge is 4.00 e. The summed E-state index contributed by atoms with van der Waals surface area (Å²) in [6, 6.07) is 0. The number of carboxylic acid groups (broad SMARTS) is 2. The summed E-state index contributed by atoms with van der Waals surface area (Å²) in [5.74, 6) is -0.401. The first-order valence-electron chi connectivity index (χ1n) is 15.1. The number of thiol groups is 2. The molecule has 234 valence electrons. The number of nitrogens with zero attached hydrogens (tertiary/aromatic N) is 4. The van der Waals surface area contributed by atoms with Gasteiger partial charge in [-0.2, -0.15) is 5.70 Å². The maximum atomic E-state index is 11.6. The molecule has 0 saturated carbocycles. The first kappa shape index (κ1) is 32.0. The van der Waals surface area contributed by atoms with E-state index in [4.69, 9.17) is 20.3 Å². The number of rotatable bonds is 7. The van der Waals surface area contributed by atoms with E-state index in [1.807, 2.05) is 19.9 Å². The predicted octanol–water partition coefficient (Wildman–Crippen LogP) is 2.72. The van der Waals surface area contributed by atoms with Crippen LogP contribution in [0.1, 0.15) is 88.1 Å². The SMILES string of the molecule is Cc1c2[n-]c(c1CCC(=O)O)/C=c1\[n-]/c(c(C)c1CCC(=O)O)=C\c1[n-]c(c(C)c1[C@@H]1C[SH+]1)/C=C1\[N-]/C(=C\2)C(C)[C@]12[SH+]C2C.[Fe+4]. The van der Waals surface area contributed by atoms with Gasteiger partial charge in [0.15, 0.2) is 21.0 Å². The molecule has 4 aliphatic rings. The second-order valence-corrected chi connectivity index (χ2v) is 15.5. The molecule has 2 N–H and O–H groups in total. The molecule has 1 spiro atoms. The zero-order valence-corrected chi connectivity index (χ0v) is 28.7. The summed E-state index contributed by atoms with van der Waals surface area (Å²) in [6.45, 7) is 10.7. The third-order valence-electron chi connectivity index (χ3n) is 9.80. The second-order valence-electron chi connectivity index (χ2n) is 12.4. The summed E-state index contributed by atoms with van der Waals surface area (Å²) in [5.41, 5.74) is 11.5. The molecular formula is C34H36FeN4O4S2+2. The minimum absolute atomic E-state index is 0. The van der Waals surface area contributed by atoms with Gasteiger partial charge < -0.3 is 30.5 Å². The smallest absolute Gasteiger partial charge is 0.660 e. The van der Waals surface area contributed by atoms with Crippen LogP contribution in [0.15, 0.2) is 11.4 Å². The number of fused-ring (bicyclic) bond motifs is 9. The predicted molar refractivity (Wildman–Crippen MR) is 178 cm³/mol. The average Bonchev–Trinajstić information content (AvgIpc) is 3.81. The van der Waals surface area contributed by atoms with Crippen molar-refractivity contribution in [3.8, 4) is 0 Å². The van der Waals surface area contributed by atoms with Crippen LogP contribution in [0, 0.1) is 26.7 Å². The van der Waals surface area contributed by atoms with Crippen molar-refractivity contribution in [1.29, 1.82) is 0 Å². The zero-order chi connectivity index (χ0) is 31.1. The van der Waals surface area contributed by atoms with E-state index in [9.17, 15) is 19.8 Å². The number of carbonyl (C=O) groups is 2. The van der Waals surface area contributed by atoms with E-state index in [-0.39, 0.29) is 40.6 Å². The van der Waals surface area contributed by atoms with Crippen molar-refractivity contribution in [3.05, 3.63) is 83.6 Å². The molecule has 2 unspecified atom stereocenters. The molecule has 0 radical (unpaired) electrons. The first-order valence-corrected chi connectivity index (χ1v) is 17.3. The van der Waals surface area contributed by atoms with Gasteiger partial charge in [0, 0.05) is 18.8 Å². The van der Waals surface area contributed by atoms with Crippen LogP contribution < -0.4 is 25.7 Å². The van der Waals surface area contributed by atoms with Crippen LogP contribution >= 0.6 is 0 Å². The third kappa shape index (κ3) is 5.45. The molecule has 3 saturated heterocycles. The maximum Gasteiger partial charge on any atom is 4.00 e. The monoisotopic (exact) mass is 684 g/mol. The van der Waals surface area contributed by atoms with Crippen molar-refractivity contribution in [3.63, 3.8) is 0 Å². The van der Waals surface area contributed by atoms with Gasteiger partial charge >= 0.3 is 29.0 Å². The summed E-state index contributed by atoms with van der Waals surface area (Å²) in [7, 11) is 0. The summed E-state index contributed by atoms with van der Waals surface area (Å²) in [5, 5.41) is 26.7. The van der Waals surface area contributed by atoms with E-state index in [1.165, 1.54) is 34.7 Å². The van der Waals surface area contributed by atoms with Crippen LogP contribution in [0.3, 0.4) is 0 Å². The summed E-state index contributed by atoms with van der Waals surface area (Å²) < 4.78 is -0.0357. The van der Waals surface area contributed by atoms with Crippen molar-refractivity contribution in [2.45, 2.75) is 75.5 Å². The Labute approximate surface area is 281 Å². The van der Waals surface area contributed by atoms with Gasteiger partial charge in [0.25, 0.3) is 0 Å². The molecule has 7 rings (SSSR count). The molecule has 8 nitrogen and oxygen atoms in total. The van der Waals surface area contributed by atoms with E-state index in [0.717, 1.165) is 61.8 Å². The van der Waals surface area contributed by atoms with Crippen molar-refractivity contribution in [1.82, 2.24) is 15.0 Å². The standard InChI is InChI=1S/C34H34N4O4S2.Fe/c1-15-20(6-8-31(39)40)26-12-27-21(7-9-32(41)42)16(2)23(36-27)11-28-33(29-14-43-29)17(3)24(37-28)13-30-34(19(5)44-34)18(4)25(38-30)10-22(15)35-26;/h10-13,18-19,29H,6-9,14H2,1-5H3,(H,39,40)(H,41,42);/q-4;+4/p+2/b23-11-,25-10-,27-12-,30-13-;/t18?,19?,29-,34+;/m0./s1. The topological polar surface area (TPSA) is 131 Å². The molecule has 3 aromatic rings. The molecule has 11 heteroatoms. The molecular weight excluding hydrogens is 648 g/mol. The fourth-order valence-electron chi connectivity index (χ4n) is 7.02. The van der Waals surface area contributed by atoms with Crippen LogP contribution in [0.5, 0.6) is 0 Å². The number of allylic oxidation sites excluding steroid dienone is 1. The number of carboxylic acids is 2.